The molecule has 1 amide bonds. The van der Waals surface area contributed by atoms with E-state index in [4.69, 9.17) is 5.11 Å². The molecule has 0 radical (unpaired) electrons. The van der Waals surface area contributed by atoms with E-state index in [0.717, 1.165) is 11.3 Å². The highest BCUT2D eigenvalue weighted by Gasteiger charge is 2.34. The monoisotopic (exact) mass is 433 g/mol. The molecule has 10 heteroatoms. The second-order valence-corrected chi connectivity index (χ2v) is 8.62. The number of hydrogen-bond acceptors (Lipinski definition) is 5. The fraction of sp³-hybridized carbons (Fsp3) is 0.250. The van der Waals surface area contributed by atoms with E-state index in [2.05, 4.69) is 9.82 Å². The van der Waals surface area contributed by atoms with Crippen molar-refractivity contribution in [1.29, 1.82) is 0 Å². The third kappa shape index (κ3) is 5.20. The lowest BCUT2D eigenvalue weighted by Gasteiger charge is -2.22. The first-order chi connectivity index (χ1) is 14.1. The van der Waals surface area contributed by atoms with Gasteiger partial charge in [0.15, 0.2) is 0 Å². The summed E-state index contributed by atoms with van der Waals surface area (Å²) in [6.45, 7) is 0. The molecule has 1 aliphatic rings. The van der Waals surface area contributed by atoms with Crippen LogP contribution in [0.2, 0.25) is 0 Å². The average Bonchev–Trinajstić information content (AvgIpc) is 3.10. The lowest BCUT2D eigenvalue weighted by molar-refractivity contribution is -0.141. The van der Waals surface area contributed by atoms with Gasteiger partial charge in [0.1, 0.15) is 5.82 Å². The third-order valence-corrected chi connectivity index (χ3v) is 5.08. The van der Waals surface area contributed by atoms with Crippen LogP contribution in [0.4, 0.5) is 10.1 Å². The molecule has 1 atom stereocenters. The highest BCUT2D eigenvalue weighted by atomic mass is 32.2. The van der Waals surface area contributed by atoms with Gasteiger partial charge in [-0.05, 0) is 23.8 Å². The van der Waals surface area contributed by atoms with Gasteiger partial charge in [0.2, 0.25) is 15.9 Å². The van der Waals surface area contributed by atoms with Gasteiger partial charge in [-0.3, -0.25) is 14.3 Å². The molecule has 2 aromatic carbocycles. The van der Waals surface area contributed by atoms with Crippen molar-refractivity contribution in [3.8, 4) is 0 Å². The number of carbonyl (C=O) groups excluding carboxylic acids is 1. The molecule has 158 valence electrons. The molecule has 3 rings (SSSR count). The highest BCUT2D eigenvalue weighted by Crippen LogP contribution is 2.35. The van der Waals surface area contributed by atoms with Crippen molar-refractivity contribution >= 4 is 33.3 Å². The zero-order valence-corrected chi connectivity index (χ0v) is 16.9. The van der Waals surface area contributed by atoms with E-state index < -0.39 is 33.8 Å². The first kappa shape index (κ1) is 21.4. The Hall–Kier alpha value is -3.27. The van der Waals surface area contributed by atoms with E-state index in [1.54, 1.807) is 30.3 Å². The number of hydrogen-bond donors (Lipinski definition) is 2. The second-order valence-electron chi connectivity index (χ2n) is 6.87. The smallest absolute Gasteiger partial charge is 0.303 e. The molecule has 30 heavy (non-hydrogen) atoms. The lowest BCUT2D eigenvalue weighted by atomic mass is 9.97. The van der Waals surface area contributed by atoms with Crippen LogP contribution in [0.15, 0.2) is 53.6 Å². The van der Waals surface area contributed by atoms with E-state index in [1.165, 1.54) is 18.2 Å². The molecule has 0 saturated carbocycles. The minimum Gasteiger partial charge on any atom is -0.481 e. The number of nitrogens with one attached hydrogen (secondary N) is 1. The van der Waals surface area contributed by atoms with Crippen LogP contribution < -0.4 is 4.72 Å². The van der Waals surface area contributed by atoms with Gasteiger partial charge in [0.05, 0.1) is 30.1 Å². The first-order valence-electron chi connectivity index (χ1n) is 9.08. The number of aliphatic carboxylic acids is 1. The van der Waals surface area contributed by atoms with E-state index in [-0.39, 0.29) is 19.3 Å². The zero-order valence-electron chi connectivity index (χ0n) is 16.1. The summed E-state index contributed by atoms with van der Waals surface area (Å²) in [5, 5.41) is 14.4. The van der Waals surface area contributed by atoms with Gasteiger partial charge in [-0.2, -0.15) is 5.10 Å². The molecular formula is C20H20FN3O5S. The van der Waals surface area contributed by atoms with E-state index in [9.17, 15) is 22.4 Å². The van der Waals surface area contributed by atoms with Crippen LogP contribution in [-0.4, -0.2) is 42.4 Å². The summed E-state index contributed by atoms with van der Waals surface area (Å²) in [5.74, 6) is -2.11. The predicted molar refractivity (Wildman–Crippen MR) is 109 cm³/mol. The fourth-order valence-corrected chi connectivity index (χ4v) is 3.81. The van der Waals surface area contributed by atoms with E-state index >= 15 is 0 Å². The molecule has 0 spiro atoms. The van der Waals surface area contributed by atoms with Crippen LogP contribution >= 0.6 is 0 Å². The van der Waals surface area contributed by atoms with Crippen LogP contribution in [0.3, 0.4) is 0 Å². The summed E-state index contributed by atoms with van der Waals surface area (Å²) >= 11 is 0. The van der Waals surface area contributed by atoms with Crippen molar-refractivity contribution < 1.29 is 27.5 Å². The van der Waals surface area contributed by atoms with Crippen LogP contribution in [0.1, 0.15) is 36.4 Å². The maximum Gasteiger partial charge on any atom is 0.303 e. The molecule has 0 unspecified atom stereocenters. The minimum atomic E-state index is -3.55. The number of carbonyl (C=O) groups is 2. The summed E-state index contributed by atoms with van der Waals surface area (Å²) in [5.41, 5.74) is 1.72. The van der Waals surface area contributed by atoms with Crippen LogP contribution in [0.25, 0.3) is 0 Å². The number of hydrazone groups is 1. The molecule has 2 aromatic rings. The SMILES string of the molecule is CS(=O)(=O)Nc1ccccc1C1=NN(C(=O)CCC(=O)O)[C@@H](c2cccc(F)c2)C1. The van der Waals surface area contributed by atoms with Crippen molar-refractivity contribution in [1.82, 2.24) is 5.01 Å². The number of amides is 1. The Kier molecular flexibility index (Phi) is 6.16. The molecular weight excluding hydrogens is 413 g/mol. The standard InChI is InChI=1S/C20H20FN3O5S/c1-30(28,29)23-16-8-3-2-7-15(16)17-12-18(13-5-4-6-14(21)11-13)24(22-17)19(25)9-10-20(26)27/h2-8,11,18,23H,9-10,12H2,1H3,(H,26,27)/t18-/m1/s1. The summed E-state index contributed by atoms with van der Waals surface area (Å²) < 4.78 is 39.6. The van der Waals surface area contributed by atoms with Crippen molar-refractivity contribution in [2.75, 3.05) is 11.0 Å². The summed E-state index contributed by atoms with van der Waals surface area (Å²) in [4.78, 5) is 23.5. The van der Waals surface area contributed by atoms with Gasteiger partial charge in [0, 0.05) is 18.4 Å². The average molecular weight is 433 g/mol. The predicted octanol–water partition coefficient (Wildman–Crippen LogP) is 2.74. The molecule has 1 heterocycles. The Balaban J connectivity index is 1.99. The largest absolute Gasteiger partial charge is 0.481 e. The molecule has 0 fully saturated rings. The van der Waals surface area contributed by atoms with Crippen LogP contribution in [0, 0.1) is 5.82 Å². The van der Waals surface area contributed by atoms with Crippen LogP contribution in [0.5, 0.6) is 0 Å². The Bertz CT molecular complexity index is 1120. The van der Waals surface area contributed by atoms with Crippen LogP contribution in [-0.2, 0) is 19.6 Å². The molecule has 0 saturated heterocycles. The third-order valence-electron chi connectivity index (χ3n) is 4.49. The second kappa shape index (κ2) is 8.62. The molecule has 1 aliphatic heterocycles. The zero-order chi connectivity index (χ0) is 21.9. The topological polar surface area (TPSA) is 116 Å². The van der Waals surface area contributed by atoms with Gasteiger partial charge in [-0.1, -0.05) is 30.3 Å². The number of halogens is 1. The Morgan fingerprint density at radius 2 is 1.93 bits per heavy atom. The maximum absolute atomic E-state index is 13.8. The molecule has 8 nitrogen and oxygen atoms in total. The Morgan fingerprint density at radius 3 is 2.60 bits per heavy atom. The number of carboxylic acids is 1. The number of benzene rings is 2. The lowest BCUT2D eigenvalue weighted by Crippen LogP contribution is -2.27. The number of sulfonamides is 1. The first-order valence-corrected chi connectivity index (χ1v) is 11.0. The summed E-state index contributed by atoms with van der Waals surface area (Å²) in [6, 6.07) is 11.7. The number of rotatable bonds is 7. The number of carboxylic acid groups (broad SMARTS) is 1. The highest BCUT2D eigenvalue weighted by molar-refractivity contribution is 7.92. The maximum atomic E-state index is 13.8. The number of anilines is 1. The van der Waals surface area contributed by atoms with Gasteiger partial charge < -0.3 is 5.11 Å². The van der Waals surface area contributed by atoms with Gasteiger partial charge in [0.25, 0.3) is 0 Å². The minimum absolute atomic E-state index is 0.213. The molecule has 0 aliphatic carbocycles. The van der Waals surface area contributed by atoms with Gasteiger partial charge in [-0.15, -0.1) is 0 Å². The summed E-state index contributed by atoms with van der Waals surface area (Å²) in [6.07, 6.45) is 0.617. The number of para-hydroxylation sites is 1. The van der Waals surface area contributed by atoms with E-state index in [1.807, 2.05) is 0 Å². The van der Waals surface area contributed by atoms with Gasteiger partial charge >= 0.3 is 5.97 Å². The Labute approximate surface area is 173 Å². The van der Waals surface area contributed by atoms with Crippen molar-refractivity contribution in [2.24, 2.45) is 5.10 Å². The van der Waals surface area contributed by atoms with Gasteiger partial charge in [-0.25, -0.2) is 17.8 Å². The van der Waals surface area contributed by atoms with Crippen molar-refractivity contribution in [3.05, 3.63) is 65.5 Å². The normalized spacial score (nSPS) is 16.3. The quantitative estimate of drug-likeness (QED) is 0.697. The summed E-state index contributed by atoms with van der Waals surface area (Å²) in [7, 11) is -3.55. The van der Waals surface area contributed by atoms with Crippen molar-refractivity contribution in [2.45, 2.75) is 25.3 Å². The fourth-order valence-electron chi connectivity index (χ4n) is 3.23. The molecule has 0 aromatic heterocycles. The van der Waals surface area contributed by atoms with Crippen molar-refractivity contribution in [3.63, 3.8) is 0 Å². The molecule has 0 bridgehead atoms. The Morgan fingerprint density at radius 1 is 1.20 bits per heavy atom. The van der Waals surface area contributed by atoms with E-state index in [0.29, 0.717) is 22.5 Å². The number of nitrogens with zero attached hydrogens (tertiary/aromatic N) is 2. The molecule has 2 N–H and O–H groups in total.